The van der Waals surface area contributed by atoms with E-state index >= 15 is 0 Å². The first kappa shape index (κ1) is 20.7. The van der Waals surface area contributed by atoms with Gasteiger partial charge in [0.05, 0.1) is 12.0 Å². The third-order valence-corrected chi connectivity index (χ3v) is 4.31. The largest absolute Gasteiger partial charge is 0.496 e. The fraction of sp³-hybridized carbons (Fsp3) is 0.0870. The summed E-state index contributed by atoms with van der Waals surface area (Å²) in [5, 5.41) is 11.1. The number of hydrogen-bond donors (Lipinski definition) is 0. The molecule has 0 aliphatic carbocycles. The van der Waals surface area contributed by atoms with Crippen LogP contribution in [-0.4, -0.2) is 17.8 Å². The maximum Gasteiger partial charge on any atom is 0.310 e. The van der Waals surface area contributed by atoms with Gasteiger partial charge < -0.3 is 9.47 Å². The molecule has 3 aromatic rings. The van der Waals surface area contributed by atoms with Crippen LogP contribution in [0.1, 0.15) is 21.5 Å². The Morgan fingerprint density at radius 1 is 1.07 bits per heavy atom. The molecule has 0 bridgehead atoms. The smallest absolute Gasteiger partial charge is 0.310 e. The van der Waals surface area contributed by atoms with Gasteiger partial charge in [0.25, 0.3) is 0 Å². The highest BCUT2D eigenvalue weighted by molar-refractivity contribution is 6.06. The number of allylic oxidation sites excluding steroid dienone is 1. The lowest BCUT2D eigenvalue weighted by Crippen LogP contribution is -2.01. The summed E-state index contributed by atoms with van der Waals surface area (Å²) in [5.41, 5.74) is 1.62. The second-order valence-electron chi connectivity index (χ2n) is 6.29. The summed E-state index contributed by atoms with van der Waals surface area (Å²) in [4.78, 5) is 22.9. The molecule has 7 heteroatoms. The molecule has 0 radical (unpaired) electrons. The number of carbonyl (C=O) groups excluding carboxylic acids is 1. The number of benzene rings is 3. The predicted octanol–water partition coefficient (Wildman–Crippen LogP) is 5.22. The Kier molecular flexibility index (Phi) is 6.54. The summed E-state index contributed by atoms with van der Waals surface area (Å²) in [5.74, 6) is 0.0325. The lowest BCUT2D eigenvalue weighted by atomic mass is 10.1. The van der Waals surface area contributed by atoms with E-state index in [1.807, 2.05) is 0 Å². The number of rotatable bonds is 8. The van der Waals surface area contributed by atoms with Crippen LogP contribution in [-0.2, 0) is 6.61 Å². The fourth-order valence-electron chi connectivity index (χ4n) is 2.78. The third-order valence-electron chi connectivity index (χ3n) is 4.31. The van der Waals surface area contributed by atoms with Gasteiger partial charge in [0.2, 0.25) is 0 Å². The van der Waals surface area contributed by atoms with E-state index in [9.17, 15) is 19.3 Å². The number of nitro groups is 1. The molecule has 0 fully saturated rings. The monoisotopic (exact) mass is 407 g/mol. The maximum atomic E-state index is 13.0. The Morgan fingerprint density at radius 3 is 2.50 bits per heavy atom. The van der Waals surface area contributed by atoms with Gasteiger partial charge in [-0.3, -0.25) is 14.9 Å². The standard InChI is InChI=1S/C23H18FNO5/c1-29-22-13-7-16(6-12-21(26)17-8-10-19(24)11-9-17)14-18(22)15-30-23-5-3-2-4-20(23)25(27)28/h2-14H,15H2,1H3/b12-6+. The first-order valence-corrected chi connectivity index (χ1v) is 8.99. The molecular weight excluding hydrogens is 389 g/mol. The number of carbonyl (C=O) groups is 1. The number of halogens is 1. The Hall–Kier alpha value is -4.00. The number of methoxy groups -OCH3 is 1. The SMILES string of the molecule is COc1ccc(/C=C/C(=O)c2ccc(F)cc2)cc1COc1ccccc1[N+](=O)[O-]. The predicted molar refractivity (Wildman–Crippen MR) is 110 cm³/mol. The summed E-state index contributed by atoms with van der Waals surface area (Å²) >= 11 is 0. The molecule has 3 rings (SSSR count). The number of nitrogens with zero attached hydrogens (tertiary/aromatic N) is 1. The molecule has 30 heavy (non-hydrogen) atoms. The maximum absolute atomic E-state index is 13.0. The minimum absolute atomic E-state index is 0.0433. The fourth-order valence-corrected chi connectivity index (χ4v) is 2.78. The van der Waals surface area contributed by atoms with Crippen molar-refractivity contribution in [3.8, 4) is 11.5 Å². The van der Waals surface area contributed by atoms with Crippen LogP contribution in [0.3, 0.4) is 0 Å². The molecule has 0 saturated heterocycles. The number of nitro benzene ring substituents is 1. The van der Waals surface area contributed by atoms with Crippen molar-refractivity contribution in [1.82, 2.24) is 0 Å². The van der Waals surface area contributed by atoms with E-state index in [4.69, 9.17) is 9.47 Å². The van der Waals surface area contributed by atoms with Crippen LogP contribution in [0.2, 0.25) is 0 Å². The van der Waals surface area contributed by atoms with Crippen LogP contribution in [0.5, 0.6) is 11.5 Å². The minimum Gasteiger partial charge on any atom is -0.496 e. The van der Waals surface area contributed by atoms with Gasteiger partial charge in [-0.25, -0.2) is 4.39 Å². The lowest BCUT2D eigenvalue weighted by molar-refractivity contribution is -0.385. The average Bonchev–Trinajstić information content (AvgIpc) is 2.76. The van der Waals surface area contributed by atoms with E-state index < -0.39 is 10.7 Å². The zero-order chi connectivity index (χ0) is 21.5. The normalized spacial score (nSPS) is 10.7. The van der Waals surface area contributed by atoms with Gasteiger partial charge in [0.1, 0.15) is 18.2 Å². The van der Waals surface area contributed by atoms with Crippen molar-refractivity contribution in [2.45, 2.75) is 6.61 Å². The van der Waals surface area contributed by atoms with Crippen molar-refractivity contribution in [2.24, 2.45) is 0 Å². The zero-order valence-corrected chi connectivity index (χ0v) is 16.1. The highest BCUT2D eigenvalue weighted by atomic mass is 19.1. The zero-order valence-electron chi connectivity index (χ0n) is 16.1. The Bertz CT molecular complexity index is 1090. The van der Waals surface area contributed by atoms with Crippen LogP contribution in [0, 0.1) is 15.9 Å². The molecule has 0 atom stereocenters. The van der Waals surface area contributed by atoms with Gasteiger partial charge in [0.15, 0.2) is 11.5 Å². The van der Waals surface area contributed by atoms with E-state index in [2.05, 4.69) is 0 Å². The molecule has 152 valence electrons. The second kappa shape index (κ2) is 9.47. The molecule has 0 N–H and O–H groups in total. The highest BCUT2D eigenvalue weighted by Crippen LogP contribution is 2.28. The summed E-state index contributed by atoms with van der Waals surface area (Å²) < 4.78 is 24.0. The van der Waals surface area contributed by atoms with Gasteiger partial charge in [-0.05, 0) is 54.1 Å². The van der Waals surface area contributed by atoms with Crippen molar-refractivity contribution in [3.63, 3.8) is 0 Å². The molecule has 0 amide bonds. The first-order valence-electron chi connectivity index (χ1n) is 8.99. The van der Waals surface area contributed by atoms with Crippen LogP contribution in [0.4, 0.5) is 10.1 Å². The van der Waals surface area contributed by atoms with Crippen LogP contribution in [0.15, 0.2) is 72.8 Å². The summed E-state index contributed by atoms with van der Waals surface area (Å²) in [7, 11) is 1.51. The van der Waals surface area contributed by atoms with Gasteiger partial charge >= 0.3 is 5.69 Å². The topological polar surface area (TPSA) is 78.7 Å². The molecule has 3 aromatic carbocycles. The highest BCUT2D eigenvalue weighted by Gasteiger charge is 2.14. The van der Waals surface area contributed by atoms with E-state index in [1.54, 1.807) is 36.4 Å². The summed E-state index contributed by atoms with van der Waals surface area (Å²) in [6.45, 7) is 0.0433. The Balaban J connectivity index is 1.77. The Labute approximate surface area is 172 Å². The van der Waals surface area contributed by atoms with E-state index in [1.165, 1.54) is 49.6 Å². The van der Waals surface area contributed by atoms with Gasteiger partial charge in [-0.2, -0.15) is 0 Å². The second-order valence-corrected chi connectivity index (χ2v) is 6.29. The molecule has 0 spiro atoms. The van der Waals surface area contributed by atoms with Crippen LogP contribution in [0.25, 0.3) is 6.08 Å². The number of ether oxygens (including phenoxy) is 2. The molecule has 0 aliphatic heterocycles. The summed E-state index contributed by atoms with van der Waals surface area (Å²) in [6, 6.07) is 16.7. The van der Waals surface area contributed by atoms with Crippen molar-refractivity contribution in [3.05, 3.63) is 105 Å². The van der Waals surface area contributed by atoms with Crippen LogP contribution < -0.4 is 9.47 Å². The first-order chi connectivity index (χ1) is 14.5. The number of para-hydroxylation sites is 2. The quantitative estimate of drug-likeness (QED) is 0.221. The summed E-state index contributed by atoms with van der Waals surface area (Å²) in [6.07, 6.45) is 3.02. The van der Waals surface area contributed by atoms with Crippen LogP contribution >= 0.6 is 0 Å². The molecule has 0 saturated carbocycles. The van der Waals surface area contributed by atoms with E-state index in [-0.39, 0.29) is 23.8 Å². The minimum atomic E-state index is -0.507. The van der Waals surface area contributed by atoms with E-state index in [0.29, 0.717) is 22.4 Å². The molecule has 0 aromatic heterocycles. The van der Waals surface area contributed by atoms with Gasteiger partial charge in [0, 0.05) is 17.2 Å². The molecule has 0 aliphatic rings. The number of hydrogen-bond acceptors (Lipinski definition) is 5. The van der Waals surface area contributed by atoms with Crippen molar-refractivity contribution in [1.29, 1.82) is 0 Å². The molecular formula is C23H18FNO5. The van der Waals surface area contributed by atoms with Crippen molar-refractivity contribution < 1.29 is 23.6 Å². The number of ketones is 1. The van der Waals surface area contributed by atoms with Crippen molar-refractivity contribution in [2.75, 3.05) is 7.11 Å². The third kappa shape index (κ3) is 5.08. The lowest BCUT2D eigenvalue weighted by Gasteiger charge is -2.11. The van der Waals surface area contributed by atoms with Crippen molar-refractivity contribution >= 4 is 17.5 Å². The van der Waals surface area contributed by atoms with Gasteiger partial charge in [-0.1, -0.05) is 24.3 Å². The van der Waals surface area contributed by atoms with Gasteiger partial charge in [-0.15, -0.1) is 0 Å². The average molecular weight is 407 g/mol. The van der Waals surface area contributed by atoms with E-state index in [0.717, 1.165) is 0 Å². The Morgan fingerprint density at radius 2 is 1.80 bits per heavy atom. The molecule has 0 unspecified atom stereocenters. The molecule has 6 nitrogen and oxygen atoms in total. The molecule has 0 heterocycles.